The molecule has 0 saturated heterocycles. The van der Waals surface area contributed by atoms with E-state index in [0.717, 1.165) is 0 Å². The van der Waals surface area contributed by atoms with Crippen LogP contribution in [-0.2, 0) is 4.43 Å². The van der Waals surface area contributed by atoms with Crippen molar-refractivity contribution in [3.05, 3.63) is 36.0 Å². The van der Waals surface area contributed by atoms with E-state index in [0.29, 0.717) is 17.9 Å². The van der Waals surface area contributed by atoms with E-state index in [9.17, 15) is 0 Å². The van der Waals surface area contributed by atoms with Crippen molar-refractivity contribution >= 4 is 8.32 Å². The fourth-order valence-electron chi connectivity index (χ4n) is 2.96. The van der Waals surface area contributed by atoms with E-state index in [1.54, 1.807) is 0 Å². The van der Waals surface area contributed by atoms with Crippen LogP contribution in [0.2, 0.25) is 19.6 Å². The molecule has 2 aliphatic carbocycles. The molecule has 1 saturated carbocycles. The highest BCUT2D eigenvalue weighted by molar-refractivity contribution is 6.69. The van der Waals surface area contributed by atoms with Crippen LogP contribution in [0.3, 0.4) is 0 Å². The van der Waals surface area contributed by atoms with Gasteiger partial charge in [-0.15, -0.1) is 0 Å². The molecule has 0 amide bonds. The van der Waals surface area contributed by atoms with Crippen LogP contribution >= 0.6 is 0 Å². The van der Waals surface area contributed by atoms with Gasteiger partial charge in [-0.1, -0.05) is 36.0 Å². The molecule has 0 aromatic heterocycles. The topological polar surface area (TPSA) is 9.23 Å². The van der Waals surface area contributed by atoms with E-state index in [4.69, 9.17) is 4.43 Å². The number of fused-ring (bicyclic) bond motifs is 1. The number of allylic oxidation sites excluding steroid dienone is 5. The number of rotatable bonds is 2. The van der Waals surface area contributed by atoms with E-state index in [-0.39, 0.29) is 0 Å². The van der Waals surface area contributed by atoms with Gasteiger partial charge in [-0.3, -0.25) is 0 Å². The molecule has 0 aromatic rings. The molecule has 0 N–H and O–H groups in total. The lowest BCUT2D eigenvalue weighted by molar-refractivity contribution is 0.164. The van der Waals surface area contributed by atoms with Gasteiger partial charge in [-0.05, 0) is 45.3 Å². The standard InChI is InChI=1S/C15H24OSi/c1-12-8-6-5-7-9-14-13(12)10-11-15(14)16-17(2,3)4/h5-9,13-15H,10-11H2,1-4H3/b6-5-,9-7-,12-8-/t13-,14+,15+/m1/s1. The van der Waals surface area contributed by atoms with Crippen molar-refractivity contribution < 1.29 is 4.43 Å². The Bertz CT molecular complexity index is 360. The van der Waals surface area contributed by atoms with Gasteiger partial charge in [0.25, 0.3) is 0 Å². The minimum Gasteiger partial charge on any atom is -0.414 e. The zero-order valence-corrected chi connectivity index (χ0v) is 12.4. The number of hydrogen-bond acceptors (Lipinski definition) is 1. The summed E-state index contributed by atoms with van der Waals surface area (Å²) in [5, 5.41) is 0. The molecule has 0 spiro atoms. The van der Waals surface area contributed by atoms with E-state index >= 15 is 0 Å². The molecule has 3 atom stereocenters. The Morgan fingerprint density at radius 2 is 1.88 bits per heavy atom. The Morgan fingerprint density at radius 1 is 1.12 bits per heavy atom. The molecule has 1 nitrogen and oxygen atoms in total. The summed E-state index contributed by atoms with van der Waals surface area (Å²) in [6.45, 7) is 9.12. The second-order valence-electron chi connectivity index (χ2n) is 6.21. The number of hydrogen-bond donors (Lipinski definition) is 0. The first kappa shape index (κ1) is 12.8. The van der Waals surface area contributed by atoms with Gasteiger partial charge in [0.1, 0.15) is 0 Å². The summed E-state index contributed by atoms with van der Waals surface area (Å²) in [6, 6.07) is 0. The first-order chi connectivity index (χ1) is 7.97. The largest absolute Gasteiger partial charge is 0.414 e. The highest BCUT2D eigenvalue weighted by Gasteiger charge is 2.37. The zero-order chi connectivity index (χ0) is 12.5. The summed E-state index contributed by atoms with van der Waals surface area (Å²) in [6.07, 6.45) is 14.0. The molecule has 0 radical (unpaired) electrons. The Kier molecular flexibility index (Phi) is 3.74. The van der Waals surface area contributed by atoms with Crippen LogP contribution in [0, 0.1) is 11.8 Å². The molecular formula is C15H24OSi. The van der Waals surface area contributed by atoms with Crippen molar-refractivity contribution in [1.82, 2.24) is 0 Å². The Balaban J connectivity index is 2.17. The van der Waals surface area contributed by atoms with Crippen molar-refractivity contribution in [2.24, 2.45) is 11.8 Å². The normalized spacial score (nSPS) is 39.8. The van der Waals surface area contributed by atoms with Crippen molar-refractivity contribution in [3.8, 4) is 0 Å². The summed E-state index contributed by atoms with van der Waals surface area (Å²) >= 11 is 0. The molecule has 2 heteroatoms. The van der Waals surface area contributed by atoms with Gasteiger partial charge < -0.3 is 4.43 Å². The lowest BCUT2D eigenvalue weighted by atomic mass is 9.87. The first-order valence-corrected chi connectivity index (χ1v) is 10.1. The second kappa shape index (κ2) is 4.95. The summed E-state index contributed by atoms with van der Waals surface area (Å²) < 4.78 is 6.35. The Labute approximate surface area is 106 Å². The second-order valence-corrected chi connectivity index (χ2v) is 10.7. The van der Waals surface area contributed by atoms with E-state index in [1.807, 2.05) is 0 Å². The summed E-state index contributed by atoms with van der Waals surface area (Å²) in [5.74, 6) is 1.28. The summed E-state index contributed by atoms with van der Waals surface area (Å²) in [5.41, 5.74) is 1.51. The molecule has 2 rings (SSSR count). The van der Waals surface area contributed by atoms with Crippen LogP contribution in [0.15, 0.2) is 36.0 Å². The minimum atomic E-state index is -1.42. The van der Waals surface area contributed by atoms with Gasteiger partial charge >= 0.3 is 0 Å². The van der Waals surface area contributed by atoms with Gasteiger partial charge in [-0.25, -0.2) is 0 Å². The molecule has 1 fully saturated rings. The zero-order valence-electron chi connectivity index (χ0n) is 11.4. The van der Waals surface area contributed by atoms with Crippen molar-refractivity contribution in [1.29, 1.82) is 0 Å². The maximum Gasteiger partial charge on any atom is 0.184 e. The van der Waals surface area contributed by atoms with Gasteiger partial charge in [0.05, 0.1) is 6.10 Å². The minimum absolute atomic E-state index is 0.442. The van der Waals surface area contributed by atoms with Crippen molar-refractivity contribution in [3.63, 3.8) is 0 Å². The lowest BCUT2D eigenvalue weighted by Crippen LogP contribution is -2.34. The average Bonchev–Trinajstić information content (AvgIpc) is 2.54. The molecule has 0 bridgehead atoms. The molecule has 2 aliphatic rings. The Morgan fingerprint density at radius 3 is 2.59 bits per heavy atom. The lowest BCUT2D eigenvalue weighted by Gasteiger charge is -2.29. The molecule has 0 aliphatic heterocycles. The van der Waals surface area contributed by atoms with Crippen LogP contribution in [0.1, 0.15) is 19.8 Å². The highest BCUT2D eigenvalue weighted by atomic mass is 28.4. The van der Waals surface area contributed by atoms with E-state index in [1.165, 1.54) is 18.4 Å². The van der Waals surface area contributed by atoms with Gasteiger partial charge in [0, 0.05) is 5.92 Å². The third-order valence-corrected chi connectivity index (χ3v) is 4.67. The van der Waals surface area contributed by atoms with Crippen LogP contribution in [-0.4, -0.2) is 14.4 Å². The smallest absolute Gasteiger partial charge is 0.184 e. The maximum atomic E-state index is 6.35. The molecular weight excluding hydrogens is 224 g/mol. The third kappa shape index (κ3) is 3.20. The summed E-state index contributed by atoms with van der Waals surface area (Å²) in [7, 11) is -1.42. The predicted molar refractivity (Wildman–Crippen MR) is 76.5 cm³/mol. The van der Waals surface area contributed by atoms with Gasteiger partial charge in [-0.2, -0.15) is 0 Å². The monoisotopic (exact) mass is 248 g/mol. The van der Waals surface area contributed by atoms with Crippen LogP contribution in [0.4, 0.5) is 0 Å². The van der Waals surface area contributed by atoms with Gasteiger partial charge in [0.15, 0.2) is 8.32 Å². The summed E-state index contributed by atoms with van der Waals surface area (Å²) in [4.78, 5) is 0. The fraction of sp³-hybridized carbons (Fsp3) is 0.600. The molecule has 17 heavy (non-hydrogen) atoms. The molecule has 0 heterocycles. The van der Waals surface area contributed by atoms with Crippen LogP contribution in [0.5, 0.6) is 0 Å². The first-order valence-electron chi connectivity index (χ1n) is 6.67. The molecule has 94 valence electrons. The highest BCUT2D eigenvalue weighted by Crippen LogP contribution is 2.41. The SMILES string of the molecule is C/C1=C/C=C\C=C/[C@@H]2[C@@H](O[Si](C)(C)C)CC[C@H]12. The molecule has 0 unspecified atom stereocenters. The Hall–Kier alpha value is -0.603. The van der Waals surface area contributed by atoms with E-state index < -0.39 is 8.32 Å². The predicted octanol–water partition coefficient (Wildman–Crippen LogP) is 4.31. The average molecular weight is 248 g/mol. The molecule has 0 aromatic carbocycles. The van der Waals surface area contributed by atoms with Crippen LogP contribution in [0.25, 0.3) is 0 Å². The van der Waals surface area contributed by atoms with Crippen LogP contribution < -0.4 is 0 Å². The third-order valence-electron chi connectivity index (χ3n) is 3.66. The van der Waals surface area contributed by atoms with Crippen molar-refractivity contribution in [2.75, 3.05) is 0 Å². The fourth-order valence-corrected chi connectivity index (χ4v) is 4.14. The van der Waals surface area contributed by atoms with E-state index in [2.05, 4.69) is 56.9 Å². The van der Waals surface area contributed by atoms with Crippen molar-refractivity contribution in [2.45, 2.75) is 45.5 Å². The quantitative estimate of drug-likeness (QED) is 0.662. The van der Waals surface area contributed by atoms with Gasteiger partial charge in [0.2, 0.25) is 0 Å². The maximum absolute atomic E-state index is 6.35.